The normalized spacial score (nSPS) is 11.9. The van der Waals surface area contributed by atoms with Crippen molar-refractivity contribution in [2.24, 2.45) is 5.92 Å². The van der Waals surface area contributed by atoms with Crippen LogP contribution in [0.5, 0.6) is 5.88 Å². The van der Waals surface area contributed by atoms with Gasteiger partial charge in [0.05, 0.1) is 12.0 Å². The monoisotopic (exact) mass is 254 g/mol. The van der Waals surface area contributed by atoms with Crippen LogP contribution < -0.4 is 15.4 Å². The molecule has 0 saturated heterocycles. The molecule has 0 saturated carbocycles. The van der Waals surface area contributed by atoms with Gasteiger partial charge in [-0.3, -0.25) is 10.1 Å². The lowest BCUT2D eigenvalue weighted by molar-refractivity contribution is -0.384. The highest BCUT2D eigenvalue weighted by Gasteiger charge is 2.16. The first-order valence-corrected chi connectivity index (χ1v) is 5.66. The predicted molar refractivity (Wildman–Crippen MR) is 69.0 cm³/mol. The lowest BCUT2D eigenvalue weighted by Gasteiger charge is -2.12. The van der Waals surface area contributed by atoms with E-state index in [9.17, 15) is 10.1 Å². The Labute approximate surface area is 106 Å². The molecule has 1 atom stereocenters. The third-order valence-corrected chi connectivity index (χ3v) is 2.42. The summed E-state index contributed by atoms with van der Waals surface area (Å²) in [5.41, 5.74) is -0.0487. The second-order valence-corrected chi connectivity index (χ2v) is 4.02. The van der Waals surface area contributed by atoms with Crippen LogP contribution in [0, 0.1) is 16.0 Å². The number of ether oxygens (including phenoxy) is 1. The van der Waals surface area contributed by atoms with Gasteiger partial charge in [0.15, 0.2) is 0 Å². The van der Waals surface area contributed by atoms with E-state index in [-0.39, 0.29) is 11.5 Å². The number of nitro groups is 1. The van der Waals surface area contributed by atoms with E-state index in [1.165, 1.54) is 19.2 Å². The molecule has 0 aliphatic heterocycles. The van der Waals surface area contributed by atoms with Crippen molar-refractivity contribution < 1.29 is 9.66 Å². The topological polar surface area (TPSA) is 89.3 Å². The summed E-state index contributed by atoms with van der Waals surface area (Å²) in [4.78, 5) is 14.5. The van der Waals surface area contributed by atoms with E-state index in [2.05, 4.69) is 15.6 Å². The van der Waals surface area contributed by atoms with Crippen LogP contribution >= 0.6 is 0 Å². The Balaban J connectivity index is 2.80. The van der Waals surface area contributed by atoms with Crippen molar-refractivity contribution >= 4 is 11.5 Å². The number of anilines is 1. The maximum Gasteiger partial charge on any atom is 0.311 e. The number of pyridine rings is 1. The minimum atomic E-state index is -0.461. The van der Waals surface area contributed by atoms with Crippen LogP contribution in [0.25, 0.3) is 0 Å². The largest absolute Gasteiger partial charge is 0.481 e. The fourth-order valence-corrected chi connectivity index (χ4v) is 1.52. The van der Waals surface area contributed by atoms with E-state index in [0.29, 0.717) is 18.3 Å². The summed E-state index contributed by atoms with van der Waals surface area (Å²) in [5.74, 6) is 0.925. The van der Waals surface area contributed by atoms with E-state index in [1.807, 2.05) is 14.0 Å². The van der Waals surface area contributed by atoms with Gasteiger partial charge in [0.1, 0.15) is 0 Å². The Morgan fingerprint density at radius 1 is 1.50 bits per heavy atom. The molecule has 100 valence electrons. The van der Waals surface area contributed by atoms with Crippen LogP contribution in [-0.2, 0) is 0 Å². The van der Waals surface area contributed by atoms with Crippen molar-refractivity contribution in [3.05, 3.63) is 22.2 Å². The smallest absolute Gasteiger partial charge is 0.311 e. The number of hydrogen-bond acceptors (Lipinski definition) is 6. The molecule has 1 heterocycles. The first kappa shape index (κ1) is 14.2. The zero-order valence-corrected chi connectivity index (χ0v) is 10.8. The predicted octanol–water partition coefficient (Wildman–Crippen LogP) is 1.27. The Hall–Kier alpha value is -1.89. The molecule has 0 aromatic carbocycles. The van der Waals surface area contributed by atoms with Crippen LogP contribution in [0.2, 0.25) is 0 Å². The van der Waals surface area contributed by atoms with Gasteiger partial charge in [0, 0.05) is 18.7 Å². The zero-order chi connectivity index (χ0) is 13.5. The number of nitrogens with one attached hydrogen (secondary N) is 2. The Morgan fingerprint density at radius 3 is 2.78 bits per heavy atom. The second-order valence-electron chi connectivity index (χ2n) is 4.02. The summed E-state index contributed by atoms with van der Waals surface area (Å²) >= 11 is 0. The lowest BCUT2D eigenvalue weighted by Crippen LogP contribution is -2.23. The average Bonchev–Trinajstić information content (AvgIpc) is 2.36. The molecule has 0 bridgehead atoms. The Kier molecular flexibility index (Phi) is 5.31. The van der Waals surface area contributed by atoms with Gasteiger partial charge in [-0.15, -0.1) is 0 Å². The summed E-state index contributed by atoms with van der Waals surface area (Å²) in [5, 5.41) is 16.9. The van der Waals surface area contributed by atoms with Crippen LogP contribution in [-0.4, -0.2) is 37.2 Å². The molecule has 1 aromatic rings. The van der Waals surface area contributed by atoms with Crippen LogP contribution in [0.15, 0.2) is 12.1 Å². The van der Waals surface area contributed by atoms with Gasteiger partial charge in [0.25, 0.3) is 0 Å². The molecule has 1 unspecified atom stereocenters. The molecular weight excluding hydrogens is 236 g/mol. The number of aromatic nitrogens is 1. The average molecular weight is 254 g/mol. The molecule has 1 aromatic heterocycles. The first-order chi connectivity index (χ1) is 8.58. The quantitative estimate of drug-likeness (QED) is 0.562. The standard InChI is InChI=1S/C11H18N4O3/c1-8(6-12-2)7-13-11-9(15(16)17)4-5-10(14-11)18-3/h4-5,8,12H,6-7H2,1-3H3,(H,13,14). The van der Waals surface area contributed by atoms with Gasteiger partial charge in [-0.2, -0.15) is 4.98 Å². The molecule has 0 spiro atoms. The maximum absolute atomic E-state index is 10.9. The summed E-state index contributed by atoms with van der Waals surface area (Å²) in [6.07, 6.45) is 0. The van der Waals surface area contributed by atoms with Crippen LogP contribution in [0.3, 0.4) is 0 Å². The Morgan fingerprint density at radius 2 is 2.22 bits per heavy atom. The number of rotatable bonds is 7. The van der Waals surface area contributed by atoms with Gasteiger partial charge in [-0.1, -0.05) is 6.92 Å². The van der Waals surface area contributed by atoms with Gasteiger partial charge in [-0.05, 0) is 19.5 Å². The van der Waals surface area contributed by atoms with E-state index in [4.69, 9.17) is 4.74 Å². The van der Waals surface area contributed by atoms with Crippen molar-refractivity contribution in [1.82, 2.24) is 10.3 Å². The van der Waals surface area contributed by atoms with Gasteiger partial charge in [-0.25, -0.2) is 0 Å². The molecule has 0 amide bonds. The molecule has 0 aliphatic carbocycles. The highest BCUT2D eigenvalue weighted by Crippen LogP contribution is 2.24. The lowest BCUT2D eigenvalue weighted by atomic mass is 10.2. The molecule has 0 aliphatic rings. The van der Waals surface area contributed by atoms with E-state index in [1.54, 1.807) is 0 Å². The molecule has 1 rings (SSSR count). The molecule has 18 heavy (non-hydrogen) atoms. The SMILES string of the molecule is CNCC(C)CNc1nc(OC)ccc1[N+](=O)[O-]. The van der Waals surface area contributed by atoms with E-state index in [0.717, 1.165) is 6.54 Å². The van der Waals surface area contributed by atoms with Crippen molar-refractivity contribution in [2.75, 3.05) is 32.6 Å². The number of methoxy groups -OCH3 is 1. The third-order valence-electron chi connectivity index (χ3n) is 2.42. The Bertz CT molecular complexity index is 411. The molecule has 2 N–H and O–H groups in total. The van der Waals surface area contributed by atoms with Crippen molar-refractivity contribution in [1.29, 1.82) is 0 Å². The highest BCUT2D eigenvalue weighted by molar-refractivity contribution is 5.57. The minimum Gasteiger partial charge on any atom is -0.481 e. The fourth-order valence-electron chi connectivity index (χ4n) is 1.52. The molecule has 7 heteroatoms. The minimum absolute atomic E-state index is 0.0487. The summed E-state index contributed by atoms with van der Waals surface area (Å²) in [6.45, 7) is 3.46. The van der Waals surface area contributed by atoms with Crippen molar-refractivity contribution in [2.45, 2.75) is 6.92 Å². The van der Waals surface area contributed by atoms with Gasteiger partial charge < -0.3 is 15.4 Å². The first-order valence-electron chi connectivity index (χ1n) is 5.66. The summed E-state index contributed by atoms with van der Waals surface area (Å²) < 4.78 is 4.96. The molecular formula is C11H18N4O3. The third kappa shape index (κ3) is 3.85. The zero-order valence-electron chi connectivity index (χ0n) is 10.8. The molecule has 7 nitrogen and oxygen atoms in total. The highest BCUT2D eigenvalue weighted by atomic mass is 16.6. The number of nitrogens with zero attached hydrogens (tertiary/aromatic N) is 2. The summed E-state index contributed by atoms with van der Waals surface area (Å²) in [6, 6.07) is 2.86. The van der Waals surface area contributed by atoms with Crippen molar-refractivity contribution in [3.8, 4) is 5.88 Å². The van der Waals surface area contributed by atoms with E-state index >= 15 is 0 Å². The summed E-state index contributed by atoms with van der Waals surface area (Å²) in [7, 11) is 3.34. The molecule has 0 fully saturated rings. The second kappa shape index (κ2) is 6.75. The van der Waals surface area contributed by atoms with Crippen molar-refractivity contribution in [3.63, 3.8) is 0 Å². The number of hydrogen-bond donors (Lipinski definition) is 2. The van der Waals surface area contributed by atoms with Crippen LogP contribution in [0.4, 0.5) is 11.5 Å². The molecule has 0 radical (unpaired) electrons. The van der Waals surface area contributed by atoms with Crippen LogP contribution in [0.1, 0.15) is 6.92 Å². The van der Waals surface area contributed by atoms with Gasteiger partial charge in [0.2, 0.25) is 11.7 Å². The maximum atomic E-state index is 10.9. The van der Waals surface area contributed by atoms with E-state index < -0.39 is 4.92 Å². The fraction of sp³-hybridized carbons (Fsp3) is 0.545. The van der Waals surface area contributed by atoms with Gasteiger partial charge >= 0.3 is 5.69 Å².